The minimum atomic E-state index is -0.244. The lowest BCUT2D eigenvalue weighted by Gasteiger charge is -2.46. The van der Waals surface area contributed by atoms with Crippen molar-refractivity contribution in [1.82, 2.24) is 24.3 Å². The molecule has 1 atom stereocenters. The molecule has 1 saturated heterocycles. The number of rotatable bonds is 4. The standard InChI is InChI=1S/C29H37N7O2/c1-19(2)34-13-15-35(16-14-34)27(38)21-7-9-23(10-8-21)31-28-30-18-22-17-24-32-26(37)20(3)29(11-5-4-6-12-29)36(24)25(22)33-28/h7-10,17-20H,4-6,11-16H2,1-3H3,(H,32,37)(H,30,31,33). The van der Waals surface area contributed by atoms with Gasteiger partial charge in [-0.1, -0.05) is 26.2 Å². The fourth-order valence-electron chi connectivity index (χ4n) is 6.53. The first-order valence-electron chi connectivity index (χ1n) is 14.0. The van der Waals surface area contributed by atoms with Crippen molar-refractivity contribution < 1.29 is 9.59 Å². The van der Waals surface area contributed by atoms with Gasteiger partial charge in [0.05, 0.1) is 11.5 Å². The number of anilines is 3. The lowest BCUT2D eigenvalue weighted by atomic mass is 9.72. The number of hydrogen-bond acceptors (Lipinski definition) is 6. The van der Waals surface area contributed by atoms with Gasteiger partial charge in [-0.3, -0.25) is 14.5 Å². The number of aromatic nitrogens is 3. The molecule has 0 radical (unpaired) electrons. The number of carbonyl (C=O) groups excluding carboxylic acids is 2. The van der Waals surface area contributed by atoms with Crippen LogP contribution >= 0.6 is 0 Å². The van der Waals surface area contributed by atoms with E-state index < -0.39 is 0 Å². The van der Waals surface area contributed by atoms with Crippen molar-refractivity contribution in [2.24, 2.45) is 5.92 Å². The maximum absolute atomic E-state index is 13.0. The van der Waals surface area contributed by atoms with E-state index in [0.29, 0.717) is 17.6 Å². The predicted octanol–water partition coefficient (Wildman–Crippen LogP) is 4.59. The Kier molecular flexibility index (Phi) is 6.34. The van der Waals surface area contributed by atoms with Gasteiger partial charge in [-0.2, -0.15) is 4.98 Å². The zero-order chi connectivity index (χ0) is 26.4. The lowest BCUT2D eigenvalue weighted by molar-refractivity contribution is -0.124. The summed E-state index contributed by atoms with van der Waals surface area (Å²) in [4.78, 5) is 39.7. The molecule has 2 aromatic heterocycles. The van der Waals surface area contributed by atoms with Gasteiger partial charge in [-0.25, -0.2) is 4.98 Å². The van der Waals surface area contributed by atoms with E-state index in [0.717, 1.165) is 74.4 Å². The number of fused-ring (bicyclic) bond motifs is 4. The fraction of sp³-hybridized carbons (Fsp3) is 0.517. The summed E-state index contributed by atoms with van der Waals surface area (Å²) in [6.45, 7) is 9.78. The minimum Gasteiger partial charge on any atom is -0.336 e. The van der Waals surface area contributed by atoms with Crippen molar-refractivity contribution in [3.05, 3.63) is 42.1 Å². The summed E-state index contributed by atoms with van der Waals surface area (Å²) in [6, 6.07) is 10.0. The highest BCUT2D eigenvalue weighted by Gasteiger charge is 2.47. The first-order chi connectivity index (χ1) is 18.4. The second-order valence-electron chi connectivity index (χ2n) is 11.3. The number of benzene rings is 1. The van der Waals surface area contributed by atoms with Gasteiger partial charge in [0.25, 0.3) is 5.91 Å². The van der Waals surface area contributed by atoms with Crippen LogP contribution in [-0.2, 0) is 10.3 Å². The lowest BCUT2D eigenvalue weighted by Crippen LogP contribution is -2.51. The third-order valence-electron chi connectivity index (χ3n) is 8.88. The molecule has 0 bridgehead atoms. The Morgan fingerprint density at radius 1 is 1.08 bits per heavy atom. The summed E-state index contributed by atoms with van der Waals surface area (Å²) in [7, 11) is 0. The summed E-state index contributed by atoms with van der Waals surface area (Å²) in [5, 5.41) is 7.32. The summed E-state index contributed by atoms with van der Waals surface area (Å²) in [5.74, 6) is 1.36. The minimum absolute atomic E-state index is 0.0754. The maximum atomic E-state index is 13.0. The summed E-state index contributed by atoms with van der Waals surface area (Å²) in [6.07, 6.45) is 7.22. The predicted molar refractivity (Wildman–Crippen MR) is 149 cm³/mol. The Morgan fingerprint density at radius 3 is 2.47 bits per heavy atom. The van der Waals surface area contributed by atoms with Gasteiger partial charge in [-0.05, 0) is 57.0 Å². The van der Waals surface area contributed by atoms with Crippen LogP contribution in [0.4, 0.5) is 17.5 Å². The molecule has 1 spiro atoms. The summed E-state index contributed by atoms with van der Waals surface area (Å²) < 4.78 is 2.27. The average molecular weight is 516 g/mol. The van der Waals surface area contributed by atoms with Gasteiger partial charge in [0, 0.05) is 55.1 Å². The fourth-order valence-corrected chi connectivity index (χ4v) is 6.53. The number of nitrogens with one attached hydrogen (secondary N) is 2. The van der Waals surface area contributed by atoms with Crippen LogP contribution in [0.25, 0.3) is 11.0 Å². The van der Waals surface area contributed by atoms with Gasteiger partial charge in [0.15, 0.2) is 0 Å². The van der Waals surface area contributed by atoms with Crippen molar-refractivity contribution in [2.75, 3.05) is 36.8 Å². The third-order valence-corrected chi connectivity index (χ3v) is 8.88. The number of carbonyl (C=O) groups is 2. The van der Waals surface area contributed by atoms with Gasteiger partial charge < -0.3 is 20.1 Å². The second-order valence-corrected chi connectivity index (χ2v) is 11.3. The van der Waals surface area contributed by atoms with Crippen LogP contribution in [0.3, 0.4) is 0 Å². The molecule has 2 fully saturated rings. The summed E-state index contributed by atoms with van der Waals surface area (Å²) in [5.41, 5.74) is 2.12. The molecular weight excluding hydrogens is 478 g/mol. The topological polar surface area (TPSA) is 95.4 Å². The monoisotopic (exact) mass is 515 g/mol. The van der Waals surface area contributed by atoms with E-state index in [4.69, 9.17) is 4.98 Å². The second kappa shape index (κ2) is 9.69. The van der Waals surface area contributed by atoms with E-state index in [1.54, 1.807) is 0 Å². The van der Waals surface area contributed by atoms with E-state index in [1.165, 1.54) is 6.42 Å². The quantitative estimate of drug-likeness (QED) is 0.528. The molecule has 1 aliphatic carbocycles. The Morgan fingerprint density at radius 2 is 1.79 bits per heavy atom. The normalized spacial score (nSPS) is 21.5. The SMILES string of the molecule is CC(C)N1CCN(C(=O)c2ccc(Nc3ncc4cc5n(c4n3)C3(CCCCC3)C(C)C(=O)N5)cc2)CC1. The van der Waals surface area contributed by atoms with Crippen LogP contribution in [0, 0.1) is 5.92 Å². The molecular formula is C29H37N7O2. The van der Waals surface area contributed by atoms with E-state index in [2.05, 4.69) is 38.9 Å². The van der Waals surface area contributed by atoms with Crippen molar-refractivity contribution in [2.45, 2.75) is 64.5 Å². The molecule has 38 heavy (non-hydrogen) atoms. The third kappa shape index (κ3) is 4.22. The molecule has 6 rings (SSSR count). The van der Waals surface area contributed by atoms with Crippen LogP contribution < -0.4 is 10.6 Å². The molecule has 3 aromatic rings. The largest absolute Gasteiger partial charge is 0.336 e. The van der Waals surface area contributed by atoms with Crippen LogP contribution in [0.2, 0.25) is 0 Å². The molecule has 9 nitrogen and oxygen atoms in total. The Labute approximate surface area is 223 Å². The first kappa shape index (κ1) is 24.9. The number of piperazine rings is 1. The summed E-state index contributed by atoms with van der Waals surface area (Å²) >= 11 is 0. The highest BCUT2D eigenvalue weighted by Crippen LogP contribution is 2.48. The van der Waals surface area contributed by atoms with Crippen LogP contribution in [0.5, 0.6) is 0 Å². The van der Waals surface area contributed by atoms with Crippen molar-refractivity contribution in [1.29, 1.82) is 0 Å². The van der Waals surface area contributed by atoms with Crippen molar-refractivity contribution >= 4 is 40.3 Å². The molecule has 1 unspecified atom stereocenters. The molecule has 4 heterocycles. The number of nitrogens with zero attached hydrogens (tertiary/aromatic N) is 5. The molecule has 2 aliphatic heterocycles. The first-order valence-corrected chi connectivity index (χ1v) is 14.0. The molecule has 2 N–H and O–H groups in total. The van der Waals surface area contributed by atoms with Gasteiger partial charge in [0.2, 0.25) is 11.9 Å². The maximum Gasteiger partial charge on any atom is 0.253 e. The molecule has 9 heteroatoms. The number of amides is 2. The van der Waals surface area contributed by atoms with E-state index in [-0.39, 0.29) is 23.3 Å². The molecule has 3 aliphatic rings. The number of hydrogen-bond donors (Lipinski definition) is 2. The zero-order valence-corrected chi connectivity index (χ0v) is 22.5. The van der Waals surface area contributed by atoms with Crippen molar-refractivity contribution in [3.8, 4) is 0 Å². The van der Waals surface area contributed by atoms with Crippen LogP contribution in [0.15, 0.2) is 36.5 Å². The van der Waals surface area contributed by atoms with Crippen LogP contribution in [-0.4, -0.2) is 68.4 Å². The molecule has 200 valence electrons. The molecule has 2 amide bonds. The Hall–Kier alpha value is -3.46. The van der Waals surface area contributed by atoms with E-state index >= 15 is 0 Å². The molecule has 1 aromatic carbocycles. The van der Waals surface area contributed by atoms with E-state index in [9.17, 15) is 9.59 Å². The zero-order valence-electron chi connectivity index (χ0n) is 22.5. The Balaban J connectivity index is 1.22. The Bertz CT molecular complexity index is 1350. The highest BCUT2D eigenvalue weighted by molar-refractivity contribution is 5.98. The van der Waals surface area contributed by atoms with Gasteiger partial charge in [-0.15, -0.1) is 0 Å². The smallest absolute Gasteiger partial charge is 0.253 e. The van der Waals surface area contributed by atoms with Crippen LogP contribution in [0.1, 0.15) is 63.2 Å². The van der Waals surface area contributed by atoms with Gasteiger partial charge in [0.1, 0.15) is 11.5 Å². The average Bonchev–Trinajstić information content (AvgIpc) is 3.30. The van der Waals surface area contributed by atoms with Gasteiger partial charge >= 0.3 is 0 Å². The highest BCUT2D eigenvalue weighted by atomic mass is 16.2. The van der Waals surface area contributed by atoms with E-state index in [1.807, 2.05) is 48.4 Å². The van der Waals surface area contributed by atoms with Crippen molar-refractivity contribution in [3.63, 3.8) is 0 Å². The molecule has 1 saturated carbocycles.